The molecule has 2 heterocycles. The molecule has 9 nitrogen and oxygen atoms in total. The number of amides is 2. The number of H-pyrrole nitrogens is 1. The number of benzene rings is 1. The Kier molecular flexibility index (Phi) is 8.48. The average Bonchev–Trinajstić information content (AvgIpc) is 3.48. The van der Waals surface area contributed by atoms with Gasteiger partial charge < -0.3 is 20.7 Å². The van der Waals surface area contributed by atoms with Gasteiger partial charge in [0.1, 0.15) is 0 Å². The number of carbonyl (C=O) groups excluding carboxylic acids is 2. The maximum absolute atomic E-state index is 13.1. The second-order valence-corrected chi connectivity index (χ2v) is 11.2. The van der Waals surface area contributed by atoms with Crippen LogP contribution < -0.4 is 16.0 Å². The van der Waals surface area contributed by atoms with Crippen LogP contribution in [0.4, 0.5) is 16.3 Å². The Balaban J connectivity index is 1.49. The number of hydrogen-bond donors (Lipinski definition) is 4. The number of nitrogens with one attached hydrogen (secondary N) is 4. The quantitative estimate of drug-likeness (QED) is 0.292. The van der Waals surface area contributed by atoms with E-state index < -0.39 is 0 Å². The molecule has 1 aliphatic carbocycles. The lowest BCUT2D eigenvalue weighted by atomic mass is 9.86. The van der Waals surface area contributed by atoms with E-state index >= 15 is 0 Å². The highest BCUT2D eigenvalue weighted by Gasteiger charge is 2.27. The van der Waals surface area contributed by atoms with Crippen molar-refractivity contribution >= 4 is 34.8 Å². The van der Waals surface area contributed by atoms with E-state index in [-0.39, 0.29) is 30.2 Å². The first-order valence-electron chi connectivity index (χ1n) is 12.8. The Bertz CT molecular complexity index is 1230. The molecule has 1 fully saturated rings. The fourth-order valence-electron chi connectivity index (χ4n) is 4.49. The molecule has 2 amide bonds. The van der Waals surface area contributed by atoms with E-state index in [1.165, 1.54) is 0 Å². The summed E-state index contributed by atoms with van der Waals surface area (Å²) in [6.45, 7) is 9.53. The predicted molar refractivity (Wildman–Crippen MR) is 147 cm³/mol. The Hall–Kier alpha value is -3.40. The number of rotatable bonds is 8. The zero-order chi connectivity index (χ0) is 26.5. The third-order valence-corrected chi connectivity index (χ3v) is 7.39. The van der Waals surface area contributed by atoms with Gasteiger partial charge in [-0.15, -0.1) is 11.3 Å². The van der Waals surface area contributed by atoms with Crippen molar-refractivity contribution in [2.24, 2.45) is 0 Å². The first kappa shape index (κ1) is 26.7. The Morgan fingerprint density at radius 1 is 1.11 bits per heavy atom. The molecule has 198 valence electrons. The van der Waals surface area contributed by atoms with Crippen LogP contribution in [0.2, 0.25) is 0 Å². The number of aromatic nitrogens is 3. The molecular weight excluding hydrogens is 488 g/mol. The molecule has 37 heavy (non-hydrogen) atoms. The maximum Gasteiger partial charge on any atom is 0.407 e. The van der Waals surface area contributed by atoms with Crippen molar-refractivity contribution in [2.45, 2.75) is 84.4 Å². The molecule has 2 aromatic heterocycles. The van der Waals surface area contributed by atoms with Crippen LogP contribution in [0.3, 0.4) is 0 Å². The number of aryl methyl sites for hydroxylation is 1. The van der Waals surface area contributed by atoms with Gasteiger partial charge in [0.25, 0.3) is 5.91 Å². The molecule has 4 rings (SSSR count). The highest BCUT2D eigenvalue weighted by Crippen LogP contribution is 2.39. The summed E-state index contributed by atoms with van der Waals surface area (Å²) >= 11 is 1.64. The van der Waals surface area contributed by atoms with Crippen LogP contribution in [-0.2, 0) is 4.74 Å². The molecule has 3 aromatic rings. The summed E-state index contributed by atoms with van der Waals surface area (Å²) in [5.41, 5.74) is 3.19. The lowest BCUT2D eigenvalue weighted by Crippen LogP contribution is -2.38. The molecule has 0 bridgehead atoms. The Morgan fingerprint density at radius 3 is 2.51 bits per heavy atom. The third-order valence-electron chi connectivity index (χ3n) is 6.19. The molecule has 1 aliphatic rings. The minimum atomic E-state index is -0.345. The minimum absolute atomic E-state index is 0.0181. The van der Waals surface area contributed by atoms with Crippen LogP contribution in [0.25, 0.3) is 10.4 Å². The molecule has 10 heteroatoms. The van der Waals surface area contributed by atoms with Crippen LogP contribution >= 0.6 is 11.3 Å². The molecule has 0 aliphatic heterocycles. The summed E-state index contributed by atoms with van der Waals surface area (Å²) in [5, 5.41) is 17.5. The summed E-state index contributed by atoms with van der Waals surface area (Å²) in [4.78, 5) is 30.8. The maximum atomic E-state index is 13.1. The van der Waals surface area contributed by atoms with Crippen molar-refractivity contribution in [3.63, 3.8) is 0 Å². The summed E-state index contributed by atoms with van der Waals surface area (Å²) in [7, 11) is 0. The zero-order valence-electron chi connectivity index (χ0n) is 22.1. The van der Waals surface area contributed by atoms with Gasteiger partial charge in [-0.1, -0.05) is 6.07 Å². The van der Waals surface area contributed by atoms with Gasteiger partial charge >= 0.3 is 6.09 Å². The number of nitrogens with zero attached hydrogens (tertiary/aromatic N) is 2. The van der Waals surface area contributed by atoms with Gasteiger partial charge in [0.05, 0.1) is 21.6 Å². The smallest absolute Gasteiger partial charge is 0.407 e. The SMILES string of the molecule is Cc1cc(Nc2ccc(-c3cnc(C4CCC(NC(=O)OC(C)C)CC4)s3)c(C(=O)NC(C)C)c2)n[nH]1. The lowest BCUT2D eigenvalue weighted by Gasteiger charge is -2.28. The number of thiazole rings is 1. The number of carbonyl (C=O) groups is 2. The topological polar surface area (TPSA) is 121 Å². The number of hydrogen-bond acceptors (Lipinski definition) is 7. The summed E-state index contributed by atoms with van der Waals surface area (Å²) < 4.78 is 5.21. The number of ether oxygens (including phenoxy) is 1. The van der Waals surface area contributed by atoms with Gasteiger partial charge in [0.2, 0.25) is 0 Å². The standard InChI is InChI=1S/C27H36N6O3S/c1-15(2)29-25(34)22-13-20(30-24-12-17(5)32-33-24)10-11-21(22)23-14-28-26(37-23)18-6-8-19(9-7-18)31-27(35)36-16(3)4/h10-16,18-19H,6-9H2,1-5H3,(H,29,34)(H,31,35)(H2,30,32,33). The first-order valence-corrected chi connectivity index (χ1v) is 13.7. The van der Waals surface area contributed by atoms with Crippen molar-refractivity contribution in [2.75, 3.05) is 5.32 Å². The fraction of sp³-hybridized carbons (Fsp3) is 0.481. The monoisotopic (exact) mass is 524 g/mol. The summed E-state index contributed by atoms with van der Waals surface area (Å²) in [6, 6.07) is 7.85. The predicted octanol–water partition coefficient (Wildman–Crippen LogP) is 5.88. The van der Waals surface area contributed by atoms with Crippen molar-refractivity contribution in [1.82, 2.24) is 25.8 Å². The van der Waals surface area contributed by atoms with E-state index in [0.29, 0.717) is 17.3 Å². The highest BCUT2D eigenvalue weighted by atomic mass is 32.1. The number of anilines is 2. The van der Waals surface area contributed by atoms with Crippen molar-refractivity contribution in [1.29, 1.82) is 0 Å². The van der Waals surface area contributed by atoms with Crippen LogP contribution in [-0.4, -0.2) is 45.4 Å². The van der Waals surface area contributed by atoms with Crippen molar-refractivity contribution in [3.05, 3.63) is 46.7 Å². The van der Waals surface area contributed by atoms with E-state index in [0.717, 1.165) is 52.5 Å². The molecule has 0 radical (unpaired) electrons. The molecule has 0 spiro atoms. The second kappa shape index (κ2) is 11.8. The van der Waals surface area contributed by atoms with E-state index in [1.54, 1.807) is 11.3 Å². The normalized spacial score (nSPS) is 17.6. The lowest BCUT2D eigenvalue weighted by molar-refractivity contribution is 0.0943. The van der Waals surface area contributed by atoms with Gasteiger partial charge in [0.15, 0.2) is 5.82 Å². The molecule has 0 unspecified atom stereocenters. The zero-order valence-corrected chi connectivity index (χ0v) is 22.9. The molecule has 1 saturated carbocycles. The van der Waals surface area contributed by atoms with E-state index in [2.05, 4.69) is 26.1 Å². The highest BCUT2D eigenvalue weighted by molar-refractivity contribution is 7.15. The summed E-state index contributed by atoms with van der Waals surface area (Å²) in [6.07, 6.45) is 5.08. The van der Waals surface area contributed by atoms with E-state index in [4.69, 9.17) is 9.72 Å². The van der Waals surface area contributed by atoms with E-state index in [9.17, 15) is 9.59 Å². The van der Waals surface area contributed by atoms with Crippen LogP contribution in [0.5, 0.6) is 0 Å². The van der Waals surface area contributed by atoms with Gasteiger partial charge in [-0.2, -0.15) is 5.10 Å². The number of aromatic amines is 1. The first-order chi connectivity index (χ1) is 17.7. The van der Waals surface area contributed by atoms with Gasteiger partial charge in [-0.25, -0.2) is 9.78 Å². The third kappa shape index (κ3) is 7.09. The molecule has 1 aromatic carbocycles. The fourth-order valence-corrected chi connectivity index (χ4v) is 5.62. The Labute approximate surface area is 221 Å². The second-order valence-electron chi connectivity index (χ2n) is 10.2. The van der Waals surface area contributed by atoms with Crippen molar-refractivity contribution < 1.29 is 14.3 Å². The van der Waals surface area contributed by atoms with Crippen LogP contribution in [0, 0.1) is 6.92 Å². The minimum Gasteiger partial charge on any atom is -0.447 e. The number of alkyl carbamates (subject to hydrolysis) is 1. The van der Waals surface area contributed by atoms with Crippen LogP contribution in [0.1, 0.15) is 80.4 Å². The molecule has 0 atom stereocenters. The molecular formula is C27H36N6O3S. The molecule has 4 N–H and O–H groups in total. The average molecular weight is 525 g/mol. The van der Waals surface area contributed by atoms with E-state index in [1.807, 2.05) is 65.1 Å². The Morgan fingerprint density at radius 2 is 1.86 bits per heavy atom. The van der Waals surface area contributed by atoms with Gasteiger partial charge in [-0.3, -0.25) is 9.89 Å². The van der Waals surface area contributed by atoms with Crippen molar-refractivity contribution in [3.8, 4) is 10.4 Å². The van der Waals surface area contributed by atoms with Crippen LogP contribution in [0.15, 0.2) is 30.5 Å². The largest absolute Gasteiger partial charge is 0.447 e. The summed E-state index contributed by atoms with van der Waals surface area (Å²) in [5.74, 6) is 0.916. The van der Waals surface area contributed by atoms with Gasteiger partial charge in [0, 0.05) is 47.2 Å². The molecule has 0 saturated heterocycles. The van der Waals surface area contributed by atoms with Gasteiger partial charge in [-0.05, 0) is 72.4 Å².